The van der Waals surface area contributed by atoms with Gasteiger partial charge in [0, 0.05) is 56.8 Å². The predicted molar refractivity (Wildman–Crippen MR) is 200 cm³/mol. The van der Waals surface area contributed by atoms with Crippen LogP contribution in [0.4, 0.5) is 4.39 Å². The van der Waals surface area contributed by atoms with Crippen molar-refractivity contribution >= 4 is 50.1 Å². The molecule has 51 heavy (non-hydrogen) atoms. The lowest BCUT2D eigenvalue weighted by molar-refractivity contribution is -0.176. The molecule has 1 unspecified atom stereocenters. The summed E-state index contributed by atoms with van der Waals surface area (Å²) in [4.78, 5) is 15.8. The quantitative estimate of drug-likeness (QED) is 0.203. The Morgan fingerprint density at radius 2 is 1.71 bits per heavy atom. The van der Waals surface area contributed by atoms with Crippen LogP contribution in [0.1, 0.15) is 69.2 Å². The van der Waals surface area contributed by atoms with Crippen LogP contribution in [0.2, 0.25) is 5.02 Å². The lowest BCUT2D eigenvalue weighted by Crippen LogP contribution is -2.67. The number of carbonyl (C=O) groups is 1. The standard InChI is InChI=1S/C40H45ClFNO5S3/c1-36-14-10-26(44)23-38(36)17-18-40(29(24-38)32(45)22-28-30(41)7-3-8-31(28)42)33(36)11-15-37(2)34(40)12-16-39(37,46)25-43(19-13-27-6-4-20-49-27)51(47,48)35-9-5-21-50-35/h3-9,17-18,20-21,24,26,33-34,44,46H,10-16,19,22-23,25H2,1-2H3/t26?,33-,34-,36-,37+,38+,39-,40-/m1/s1. The minimum atomic E-state index is -3.89. The van der Waals surface area contributed by atoms with Crippen molar-refractivity contribution in [3.63, 3.8) is 0 Å². The van der Waals surface area contributed by atoms with Crippen molar-refractivity contribution in [2.24, 2.45) is 33.5 Å². The van der Waals surface area contributed by atoms with Gasteiger partial charge in [0.1, 0.15) is 10.0 Å². The molecule has 0 saturated heterocycles. The second-order valence-electron chi connectivity index (χ2n) is 16.2. The number of halogens is 2. The average Bonchev–Trinajstić information content (AvgIpc) is 3.87. The van der Waals surface area contributed by atoms with Gasteiger partial charge in [0.2, 0.25) is 0 Å². The number of nitrogens with zero attached hydrogens (tertiary/aromatic N) is 1. The monoisotopic (exact) mass is 769 g/mol. The first-order valence-electron chi connectivity index (χ1n) is 18.1. The Kier molecular flexibility index (Phi) is 8.74. The lowest BCUT2D eigenvalue weighted by atomic mass is 9.32. The highest BCUT2D eigenvalue weighted by atomic mass is 35.5. The highest BCUT2D eigenvalue weighted by Crippen LogP contribution is 2.78. The molecular weight excluding hydrogens is 725 g/mol. The minimum Gasteiger partial charge on any atom is -0.393 e. The molecule has 2 N–H and O–H groups in total. The van der Waals surface area contributed by atoms with Crippen LogP contribution in [0.15, 0.2) is 81.2 Å². The second-order valence-corrected chi connectivity index (χ2v) is 20.8. The SMILES string of the molecule is C[C@]12CC[C@H]3[C@]4(C=C[C@@]5(C=C4C(=O)Cc4c(F)cccc4Cl)CC(O)CC[C@]35C)[C@@H]1CC[C@@]2(O)CN(CCc1cccs1)S(=O)(=O)c1cccs1. The highest BCUT2D eigenvalue weighted by Gasteiger charge is 2.74. The van der Waals surface area contributed by atoms with Gasteiger partial charge in [0.15, 0.2) is 5.78 Å². The van der Waals surface area contributed by atoms with Crippen LogP contribution in [0.25, 0.3) is 0 Å². The topological polar surface area (TPSA) is 94.9 Å². The number of hydrogen-bond donors (Lipinski definition) is 2. The molecule has 3 saturated carbocycles. The number of hydrogen-bond acceptors (Lipinski definition) is 7. The molecule has 0 radical (unpaired) electrons. The molecule has 0 aliphatic heterocycles. The van der Waals surface area contributed by atoms with E-state index in [1.165, 1.54) is 27.8 Å². The molecule has 8 atom stereocenters. The largest absolute Gasteiger partial charge is 0.393 e. The van der Waals surface area contributed by atoms with E-state index >= 15 is 4.39 Å². The molecule has 3 fully saturated rings. The van der Waals surface area contributed by atoms with Crippen molar-refractivity contribution in [2.75, 3.05) is 13.1 Å². The molecule has 11 heteroatoms. The summed E-state index contributed by atoms with van der Waals surface area (Å²) in [5, 5.41) is 27.9. The van der Waals surface area contributed by atoms with Crippen LogP contribution >= 0.6 is 34.3 Å². The smallest absolute Gasteiger partial charge is 0.252 e. The number of benzene rings is 1. The van der Waals surface area contributed by atoms with Crippen LogP contribution in [-0.4, -0.2) is 53.5 Å². The van der Waals surface area contributed by atoms with E-state index in [4.69, 9.17) is 11.6 Å². The molecule has 2 aromatic heterocycles. The number of aliphatic hydroxyl groups is 2. The lowest BCUT2D eigenvalue weighted by Gasteiger charge is -2.71. The maximum atomic E-state index is 15.1. The number of sulfonamides is 1. The van der Waals surface area contributed by atoms with Gasteiger partial charge in [-0.2, -0.15) is 4.31 Å². The Morgan fingerprint density at radius 1 is 0.980 bits per heavy atom. The van der Waals surface area contributed by atoms with Gasteiger partial charge in [0.25, 0.3) is 10.0 Å². The van der Waals surface area contributed by atoms with E-state index in [9.17, 15) is 23.4 Å². The molecule has 2 bridgehead atoms. The number of carbonyl (C=O) groups excluding carboxylic acids is 1. The number of fused-ring (bicyclic) bond motifs is 1. The van der Waals surface area contributed by atoms with Crippen molar-refractivity contribution in [1.82, 2.24) is 4.31 Å². The summed E-state index contributed by atoms with van der Waals surface area (Å²) in [6, 6.07) is 11.8. The van der Waals surface area contributed by atoms with E-state index in [0.29, 0.717) is 44.1 Å². The van der Waals surface area contributed by atoms with Crippen molar-refractivity contribution in [3.8, 4) is 0 Å². The fraction of sp³-hybridized carbons (Fsp3) is 0.525. The highest BCUT2D eigenvalue weighted by molar-refractivity contribution is 7.91. The zero-order valence-corrected chi connectivity index (χ0v) is 32.2. The summed E-state index contributed by atoms with van der Waals surface area (Å²) < 4.78 is 45.3. The average molecular weight is 770 g/mol. The maximum Gasteiger partial charge on any atom is 0.252 e. The van der Waals surface area contributed by atoms with Crippen molar-refractivity contribution in [1.29, 1.82) is 0 Å². The number of thiophene rings is 2. The molecule has 6 aliphatic carbocycles. The summed E-state index contributed by atoms with van der Waals surface area (Å²) in [7, 11) is -3.89. The molecule has 6 aliphatic rings. The van der Waals surface area contributed by atoms with E-state index in [2.05, 4.69) is 32.1 Å². The molecule has 3 aromatic rings. The molecule has 2 spiro atoms. The summed E-state index contributed by atoms with van der Waals surface area (Å²) in [6.07, 6.45) is 10.9. The van der Waals surface area contributed by atoms with Gasteiger partial charge in [-0.25, -0.2) is 12.8 Å². The van der Waals surface area contributed by atoms with Crippen molar-refractivity contribution in [3.05, 3.63) is 98.3 Å². The molecule has 6 nitrogen and oxygen atoms in total. The first-order valence-corrected chi connectivity index (χ1v) is 21.6. The summed E-state index contributed by atoms with van der Waals surface area (Å²) in [5.74, 6) is -0.804. The normalized spacial score (nSPS) is 36.8. The third kappa shape index (κ3) is 5.21. The Hall–Kier alpha value is -2.18. The number of aliphatic hydroxyl groups excluding tert-OH is 1. The predicted octanol–water partition coefficient (Wildman–Crippen LogP) is 8.24. The van der Waals surface area contributed by atoms with Gasteiger partial charge in [0.05, 0.1) is 11.7 Å². The Labute approximate surface area is 313 Å². The fourth-order valence-electron chi connectivity index (χ4n) is 11.4. The van der Waals surface area contributed by atoms with E-state index in [-0.39, 0.29) is 57.3 Å². The van der Waals surface area contributed by atoms with Crippen LogP contribution in [0, 0.1) is 39.3 Å². The first kappa shape index (κ1) is 35.8. The molecule has 9 rings (SSSR count). The van der Waals surface area contributed by atoms with Gasteiger partial charge < -0.3 is 10.2 Å². The van der Waals surface area contributed by atoms with Gasteiger partial charge in [-0.15, -0.1) is 22.7 Å². The number of ketones is 1. The summed E-state index contributed by atoms with van der Waals surface area (Å²) in [6.45, 7) is 4.63. The molecule has 2 heterocycles. The third-order valence-corrected chi connectivity index (χ3v) is 18.6. The maximum absolute atomic E-state index is 15.1. The van der Waals surface area contributed by atoms with E-state index < -0.39 is 43.8 Å². The van der Waals surface area contributed by atoms with E-state index in [0.717, 1.165) is 17.7 Å². The van der Waals surface area contributed by atoms with E-state index in [1.807, 2.05) is 17.5 Å². The minimum absolute atomic E-state index is 0.0404. The Morgan fingerprint density at radius 3 is 2.43 bits per heavy atom. The molecule has 272 valence electrons. The van der Waals surface area contributed by atoms with Crippen molar-refractivity contribution < 1.29 is 27.8 Å². The molecular formula is C40H45ClFNO5S3. The number of rotatable bonds is 10. The van der Waals surface area contributed by atoms with E-state index in [1.54, 1.807) is 34.9 Å². The zero-order chi connectivity index (χ0) is 36.0. The van der Waals surface area contributed by atoms with Gasteiger partial charge in [-0.3, -0.25) is 4.79 Å². The Bertz CT molecular complexity index is 2000. The summed E-state index contributed by atoms with van der Waals surface area (Å²) in [5.41, 5.74) is -2.75. The van der Waals surface area contributed by atoms with Crippen LogP contribution in [-0.2, 0) is 27.7 Å². The van der Waals surface area contributed by atoms with Gasteiger partial charge in [-0.05, 0) is 104 Å². The Balaban J connectivity index is 1.20. The molecule has 1 aromatic carbocycles. The second kappa shape index (κ2) is 12.4. The first-order chi connectivity index (χ1) is 24.2. The third-order valence-electron chi connectivity index (χ3n) is 14.1. The van der Waals surface area contributed by atoms with Crippen molar-refractivity contribution in [2.45, 2.75) is 87.5 Å². The number of allylic oxidation sites excluding steroid dienone is 4. The van der Waals surface area contributed by atoms with Crippen LogP contribution in [0.5, 0.6) is 0 Å². The zero-order valence-electron chi connectivity index (χ0n) is 29.0. The van der Waals surface area contributed by atoms with Gasteiger partial charge >= 0.3 is 0 Å². The van der Waals surface area contributed by atoms with Crippen LogP contribution in [0.3, 0.4) is 0 Å². The molecule has 0 amide bonds. The summed E-state index contributed by atoms with van der Waals surface area (Å²) >= 11 is 9.24. The number of Topliss-reactive ketones (excluding diaryl/α,β-unsaturated/α-hetero) is 1. The van der Waals surface area contributed by atoms with Gasteiger partial charge in [-0.1, -0.05) is 61.9 Å². The fourth-order valence-corrected chi connectivity index (χ4v) is 15.0. The van der Waals surface area contributed by atoms with Crippen LogP contribution < -0.4 is 0 Å².